The predicted octanol–water partition coefficient (Wildman–Crippen LogP) is 4.38. The molecule has 2 aromatic carbocycles. The third-order valence-electron chi connectivity index (χ3n) is 5.09. The molecule has 5 heteroatoms. The molecule has 1 aliphatic rings. The molecule has 2 unspecified atom stereocenters. The van der Waals surface area contributed by atoms with E-state index in [0.29, 0.717) is 23.7 Å². The summed E-state index contributed by atoms with van der Waals surface area (Å²) in [7, 11) is 0. The monoisotopic (exact) mass is 384 g/mol. The Labute approximate surface area is 165 Å². The minimum atomic E-state index is -0.185. The molecule has 0 bridgehead atoms. The van der Waals surface area contributed by atoms with Crippen molar-refractivity contribution in [3.8, 4) is 0 Å². The van der Waals surface area contributed by atoms with Crippen molar-refractivity contribution in [2.75, 3.05) is 13.1 Å². The van der Waals surface area contributed by atoms with Gasteiger partial charge in [0, 0.05) is 23.7 Å². The zero-order valence-electron chi connectivity index (χ0n) is 15.7. The van der Waals surface area contributed by atoms with Crippen LogP contribution in [0.3, 0.4) is 0 Å². The van der Waals surface area contributed by atoms with E-state index in [0.717, 1.165) is 24.0 Å². The second-order valence-electron chi connectivity index (χ2n) is 7.24. The third-order valence-corrected chi connectivity index (χ3v) is 5.32. The zero-order valence-corrected chi connectivity index (χ0v) is 16.5. The minimum absolute atomic E-state index is 0.00427. The number of hydrogen-bond donors (Lipinski definition) is 1. The van der Waals surface area contributed by atoms with Gasteiger partial charge in [-0.05, 0) is 56.5 Å². The van der Waals surface area contributed by atoms with Crippen LogP contribution >= 0.6 is 11.6 Å². The van der Waals surface area contributed by atoms with Crippen LogP contribution in [0.4, 0.5) is 0 Å². The van der Waals surface area contributed by atoms with Crippen LogP contribution in [0.2, 0.25) is 5.02 Å². The molecule has 0 radical (unpaired) electrons. The van der Waals surface area contributed by atoms with Gasteiger partial charge in [0.15, 0.2) is 0 Å². The SMILES string of the molecule is Cc1ccc(C(=O)N2CCCC(C(=O)NC(C)c3cccc(Cl)c3)C2)cc1. The summed E-state index contributed by atoms with van der Waals surface area (Å²) in [6, 6.07) is 15.0. The molecule has 4 nitrogen and oxygen atoms in total. The van der Waals surface area contributed by atoms with Crippen molar-refractivity contribution < 1.29 is 9.59 Å². The van der Waals surface area contributed by atoms with E-state index in [4.69, 9.17) is 11.6 Å². The fraction of sp³-hybridized carbons (Fsp3) is 0.364. The summed E-state index contributed by atoms with van der Waals surface area (Å²) < 4.78 is 0. The summed E-state index contributed by atoms with van der Waals surface area (Å²) in [6.07, 6.45) is 1.63. The van der Waals surface area contributed by atoms with Gasteiger partial charge in [-0.25, -0.2) is 0 Å². The maximum atomic E-state index is 12.7. The number of benzene rings is 2. The zero-order chi connectivity index (χ0) is 19.4. The number of nitrogens with zero attached hydrogens (tertiary/aromatic N) is 1. The number of piperidine rings is 1. The lowest BCUT2D eigenvalue weighted by atomic mass is 9.95. The second-order valence-corrected chi connectivity index (χ2v) is 7.68. The number of carbonyl (C=O) groups is 2. The molecule has 1 heterocycles. The van der Waals surface area contributed by atoms with E-state index in [1.165, 1.54) is 0 Å². The highest BCUT2D eigenvalue weighted by Crippen LogP contribution is 2.22. The van der Waals surface area contributed by atoms with Crippen molar-refractivity contribution in [2.24, 2.45) is 5.92 Å². The first-order valence-corrected chi connectivity index (χ1v) is 9.73. The molecule has 0 spiro atoms. The average molecular weight is 385 g/mol. The molecule has 0 aliphatic carbocycles. The minimum Gasteiger partial charge on any atom is -0.349 e. The summed E-state index contributed by atoms with van der Waals surface area (Å²) in [6.45, 7) is 5.10. The highest BCUT2D eigenvalue weighted by Gasteiger charge is 2.29. The fourth-order valence-electron chi connectivity index (χ4n) is 3.44. The van der Waals surface area contributed by atoms with E-state index in [1.807, 2.05) is 62.4 Å². The van der Waals surface area contributed by atoms with Gasteiger partial charge >= 0.3 is 0 Å². The highest BCUT2D eigenvalue weighted by atomic mass is 35.5. The molecule has 1 saturated heterocycles. The molecular formula is C22H25ClN2O2. The molecule has 1 aliphatic heterocycles. The van der Waals surface area contributed by atoms with E-state index in [-0.39, 0.29) is 23.8 Å². The summed E-state index contributed by atoms with van der Waals surface area (Å²) >= 11 is 6.04. The van der Waals surface area contributed by atoms with Crippen LogP contribution in [0.15, 0.2) is 48.5 Å². The van der Waals surface area contributed by atoms with Crippen LogP contribution in [-0.2, 0) is 4.79 Å². The van der Waals surface area contributed by atoms with Gasteiger partial charge in [-0.1, -0.05) is 41.4 Å². The molecule has 2 atom stereocenters. The van der Waals surface area contributed by atoms with E-state index in [1.54, 1.807) is 4.90 Å². The fourth-order valence-corrected chi connectivity index (χ4v) is 3.64. The molecule has 0 saturated carbocycles. The van der Waals surface area contributed by atoms with Crippen molar-refractivity contribution in [1.82, 2.24) is 10.2 Å². The van der Waals surface area contributed by atoms with Gasteiger partial charge < -0.3 is 10.2 Å². The van der Waals surface area contributed by atoms with Gasteiger partial charge in [0.2, 0.25) is 5.91 Å². The first-order chi connectivity index (χ1) is 12.9. The van der Waals surface area contributed by atoms with E-state index < -0.39 is 0 Å². The lowest BCUT2D eigenvalue weighted by Gasteiger charge is -2.32. The van der Waals surface area contributed by atoms with Crippen LogP contribution < -0.4 is 5.32 Å². The molecule has 0 aromatic heterocycles. The van der Waals surface area contributed by atoms with Crippen LogP contribution in [0.1, 0.15) is 47.3 Å². The Morgan fingerprint density at radius 3 is 2.63 bits per heavy atom. The standard InChI is InChI=1S/C22H25ClN2O2/c1-15-8-10-17(11-9-15)22(27)25-12-4-6-19(14-25)21(26)24-16(2)18-5-3-7-20(23)13-18/h3,5,7-11,13,16,19H,4,6,12,14H2,1-2H3,(H,24,26). The Morgan fingerprint density at radius 2 is 1.93 bits per heavy atom. The third kappa shape index (κ3) is 4.89. The smallest absolute Gasteiger partial charge is 0.253 e. The first-order valence-electron chi connectivity index (χ1n) is 9.36. The van der Waals surface area contributed by atoms with E-state index in [2.05, 4.69) is 5.32 Å². The maximum Gasteiger partial charge on any atom is 0.253 e. The number of aryl methyl sites for hydroxylation is 1. The second kappa shape index (κ2) is 8.57. The van der Waals surface area contributed by atoms with Gasteiger partial charge in [-0.2, -0.15) is 0 Å². The van der Waals surface area contributed by atoms with Crippen molar-refractivity contribution in [3.05, 3.63) is 70.2 Å². The lowest BCUT2D eigenvalue weighted by Crippen LogP contribution is -2.45. The number of nitrogens with one attached hydrogen (secondary N) is 1. The lowest BCUT2D eigenvalue weighted by molar-refractivity contribution is -0.127. The Hall–Kier alpha value is -2.33. The summed E-state index contributed by atoms with van der Waals surface area (Å²) in [5, 5.41) is 3.72. The van der Waals surface area contributed by atoms with Crippen molar-refractivity contribution >= 4 is 23.4 Å². The number of carbonyl (C=O) groups excluding carboxylic acids is 2. The number of halogens is 1. The molecule has 27 heavy (non-hydrogen) atoms. The number of rotatable bonds is 4. The molecule has 1 N–H and O–H groups in total. The molecule has 2 aromatic rings. The van der Waals surface area contributed by atoms with Gasteiger partial charge in [0.05, 0.1) is 12.0 Å². The molecule has 1 fully saturated rings. The quantitative estimate of drug-likeness (QED) is 0.850. The van der Waals surface area contributed by atoms with Crippen LogP contribution in [0.5, 0.6) is 0 Å². The topological polar surface area (TPSA) is 49.4 Å². The Kier molecular flexibility index (Phi) is 6.17. The van der Waals surface area contributed by atoms with E-state index in [9.17, 15) is 9.59 Å². The van der Waals surface area contributed by atoms with Crippen LogP contribution in [-0.4, -0.2) is 29.8 Å². The predicted molar refractivity (Wildman–Crippen MR) is 108 cm³/mol. The maximum absolute atomic E-state index is 12.7. The Balaban J connectivity index is 1.62. The van der Waals surface area contributed by atoms with Gasteiger partial charge in [-0.15, -0.1) is 0 Å². The largest absolute Gasteiger partial charge is 0.349 e. The molecule has 3 rings (SSSR count). The summed E-state index contributed by atoms with van der Waals surface area (Å²) in [5.74, 6) is -0.200. The number of hydrogen-bond acceptors (Lipinski definition) is 2. The normalized spacial score (nSPS) is 18.0. The van der Waals surface area contributed by atoms with Gasteiger partial charge in [0.25, 0.3) is 5.91 Å². The van der Waals surface area contributed by atoms with Crippen molar-refractivity contribution in [2.45, 2.75) is 32.7 Å². The molecule has 2 amide bonds. The van der Waals surface area contributed by atoms with Gasteiger partial charge in [-0.3, -0.25) is 9.59 Å². The van der Waals surface area contributed by atoms with Crippen molar-refractivity contribution in [1.29, 1.82) is 0 Å². The van der Waals surface area contributed by atoms with Crippen LogP contribution in [0, 0.1) is 12.8 Å². The van der Waals surface area contributed by atoms with E-state index >= 15 is 0 Å². The molecule has 142 valence electrons. The Bertz CT molecular complexity index is 819. The van der Waals surface area contributed by atoms with Crippen LogP contribution in [0.25, 0.3) is 0 Å². The summed E-state index contributed by atoms with van der Waals surface area (Å²) in [4.78, 5) is 27.3. The average Bonchev–Trinajstić information content (AvgIpc) is 2.68. The molecular weight excluding hydrogens is 360 g/mol. The Morgan fingerprint density at radius 1 is 1.19 bits per heavy atom. The van der Waals surface area contributed by atoms with Crippen molar-refractivity contribution in [3.63, 3.8) is 0 Å². The number of likely N-dealkylation sites (tertiary alicyclic amines) is 1. The summed E-state index contributed by atoms with van der Waals surface area (Å²) in [5.41, 5.74) is 2.77. The number of amides is 2. The first kappa shape index (κ1) is 19.4. The van der Waals surface area contributed by atoms with Gasteiger partial charge in [0.1, 0.15) is 0 Å². The highest BCUT2D eigenvalue weighted by molar-refractivity contribution is 6.30.